The topological polar surface area (TPSA) is 164 Å². The van der Waals surface area contributed by atoms with Crippen LogP contribution in [0.15, 0.2) is 35.9 Å². The number of hydrogen-bond donors (Lipinski definition) is 2. The third-order valence-corrected chi connectivity index (χ3v) is 12.4. The quantitative estimate of drug-likeness (QED) is 0.171. The number of aliphatic hydroxyl groups is 1. The lowest BCUT2D eigenvalue weighted by molar-refractivity contribution is -0.162. The molecule has 3 heterocycles. The number of methoxy groups -OCH3 is 1. The van der Waals surface area contributed by atoms with Crippen molar-refractivity contribution >= 4 is 59.2 Å². The zero-order chi connectivity index (χ0) is 41.0. The Bertz CT molecular complexity index is 1690. The molecule has 0 radical (unpaired) electrons. The van der Waals surface area contributed by atoms with Crippen LogP contribution in [0.25, 0.3) is 0 Å². The molecule has 0 saturated carbocycles. The van der Waals surface area contributed by atoms with Crippen LogP contribution < -0.4 is 15.0 Å². The predicted octanol–water partition coefficient (Wildman–Crippen LogP) is 5.62. The first kappa shape index (κ1) is 44.1. The normalized spacial score (nSPS) is 31.1. The van der Waals surface area contributed by atoms with E-state index in [-0.39, 0.29) is 35.4 Å². The van der Waals surface area contributed by atoms with Crippen LogP contribution in [0.2, 0.25) is 5.02 Å². The van der Waals surface area contributed by atoms with E-state index in [1.54, 1.807) is 70.9 Å². The maximum atomic E-state index is 14.2. The molecule has 4 rings (SSSR count). The van der Waals surface area contributed by atoms with Gasteiger partial charge in [-0.15, -0.1) is 0 Å². The van der Waals surface area contributed by atoms with Crippen LogP contribution in [0.3, 0.4) is 0 Å². The number of ether oxygens (including phenoxy) is 4. The zero-order valence-electron chi connectivity index (χ0n) is 33.4. The number of amides is 3. The van der Waals surface area contributed by atoms with Gasteiger partial charge >= 0.3 is 12.1 Å². The number of fused-ring (bicyclic) bond motifs is 5. The Balaban J connectivity index is 1.71. The monoisotopic (exact) mass is 805 g/mol. The molecule has 2 N–H and O–H groups in total. The number of rotatable bonds is 10. The molecule has 55 heavy (non-hydrogen) atoms. The molecule has 3 aliphatic rings. The third kappa shape index (κ3) is 10.4. The first-order chi connectivity index (χ1) is 25.7. The molecule has 1 aromatic rings. The number of nitrogens with one attached hydrogen (secondary N) is 1. The van der Waals surface area contributed by atoms with Gasteiger partial charge in [-0.3, -0.25) is 14.9 Å². The van der Waals surface area contributed by atoms with Gasteiger partial charge in [-0.1, -0.05) is 63.1 Å². The van der Waals surface area contributed by atoms with Crippen molar-refractivity contribution in [3.05, 3.63) is 46.5 Å². The molecule has 9 atom stereocenters. The Hall–Kier alpha value is -3.59. The van der Waals surface area contributed by atoms with E-state index in [1.165, 1.54) is 23.0 Å². The molecule has 13 nitrogen and oxygen atoms in total. The first-order valence-electron chi connectivity index (χ1n) is 18.7. The summed E-state index contributed by atoms with van der Waals surface area (Å²) in [5.41, 5.74) is -1.20. The maximum Gasteiger partial charge on any atom is 0.409 e. The lowest BCUT2D eigenvalue weighted by Crippen LogP contribution is -2.61. The van der Waals surface area contributed by atoms with Gasteiger partial charge in [-0.25, -0.2) is 9.59 Å². The van der Waals surface area contributed by atoms with Gasteiger partial charge in [0.15, 0.2) is 5.72 Å². The van der Waals surface area contributed by atoms with Gasteiger partial charge in [0.1, 0.15) is 40.9 Å². The van der Waals surface area contributed by atoms with Crippen molar-refractivity contribution in [2.75, 3.05) is 26.1 Å². The highest BCUT2D eigenvalue weighted by Crippen LogP contribution is 2.49. The van der Waals surface area contributed by atoms with Crippen LogP contribution in [-0.4, -0.2) is 108 Å². The summed E-state index contributed by atoms with van der Waals surface area (Å²) in [4.78, 5) is 69.0. The highest BCUT2D eigenvalue weighted by atomic mass is 35.5. The Kier molecular flexibility index (Phi) is 14.5. The van der Waals surface area contributed by atoms with Crippen molar-refractivity contribution in [3.8, 4) is 5.75 Å². The van der Waals surface area contributed by atoms with Gasteiger partial charge in [-0.2, -0.15) is 11.8 Å². The van der Waals surface area contributed by atoms with E-state index in [1.807, 2.05) is 6.92 Å². The van der Waals surface area contributed by atoms with E-state index in [9.17, 15) is 29.1 Å². The SMILES string of the molecule is COc1cc2cc(c1Cl)N(C)C(=O)C[C@H](OC(=O)[C@@H](C)N(C)C(=O)CCC(C)SC(C)C)[C@]1(C)O[C@H]1[C@H](C)[C@@H]1C[C@@](O)(NC(=O)O1)[C@H](C=O)/C=C/C=C(\C)C2. The molecule has 2 saturated heterocycles. The Morgan fingerprint density at radius 3 is 2.56 bits per heavy atom. The second-order valence-corrected chi connectivity index (χ2v) is 17.8. The summed E-state index contributed by atoms with van der Waals surface area (Å²) in [5, 5.41) is 15.0. The van der Waals surface area contributed by atoms with E-state index in [2.05, 4.69) is 26.1 Å². The Morgan fingerprint density at radius 2 is 1.93 bits per heavy atom. The lowest BCUT2D eigenvalue weighted by atomic mass is 9.82. The average Bonchev–Trinajstić information content (AvgIpc) is 3.82. The fourth-order valence-electron chi connectivity index (χ4n) is 7.19. The Morgan fingerprint density at radius 1 is 1.24 bits per heavy atom. The molecular weight excluding hydrogens is 750 g/mol. The number of alkyl carbamates (subject to hydrolysis) is 1. The number of epoxide rings is 1. The van der Waals surface area contributed by atoms with Crippen molar-refractivity contribution in [1.82, 2.24) is 10.2 Å². The highest BCUT2D eigenvalue weighted by Gasteiger charge is 2.64. The van der Waals surface area contributed by atoms with Crippen molar-refractivity contribution < 1.29 is 48.0 Å². The molecule has 0 aliphatic carbocycles. The summed E-state index contributed by atoms with van der Waals surface area (Å²) in [5.74, 6) is -2.74. The largest absolute Gasteiger partial charge is 0.495 e. The van der Waals surface area contributed by atoms with Crippen LogP contribution in [0.4, 0.5) is 10.5 Å². The van der Waals surface area contributed by atoms with Crippen LogP contribution in [-0.2, 0) is 39.8 Å². The standard InChI is InChI=1S/C40H56ClN3O10S/c1-22(2)55-24(4)14-15-33(46)43(8)26(6)37(48)53-32-19-34(47)44(9)29-17-27(18-30(51-10)35(29)41)16-23(3)12-11-13-28(21-45)40(50)20-31(52-38(49)42-40)25(5)36-39(32,7)54-36/h11-13,17-18,21-22,24-26,28,31-32,36,50H,14-16,19-20H2,1-10H3,(H,42,49)/b13-11+,23-12+/t24?,25-,26-,28+,31+,32+,36+,39+,40+/m1/s1. The number of hydrogen-bond acceptors (Lipinski definition) is 11. The molecule has 1 aromatic carbocycles. The molecule has 2 fully saturated rings. The fourth-order valence-corrected chi connectivity index (χ4v) is 8.69. The second kappa shape index (κ2) is 18.1. The Labute approximate surface area is 333 Å². The van der Waals surface area contributed by atoms with Gasteiger partial charge in [0.25, 0.3) is 0 Å². The number of likely N-dealkylation sites (N-methyl/N-ethyl adjacent to an activating group) is 1. The smallest absolute Gasteiger partial charge is 0.409 e. The summed E-state index contributed by atoms with van der Waals surface area (Å²) >= 11 is 8.54. The number of aldehydes is 1. The van der Waals surface area contributed by atoms with Crippen LogP contribution in [0, 0.1) is 11.8 Å². The van der Waals surface area contributed by atoms with Gasteiger partial charge in [0.05, 0.1) is 31.2 Å². The average molecular weight is 806 g/mol. The summed E-state index contributed by atoms with van der Waals surface area (Å²) < 4.78 is 23.5. The number of nitrogens with zero attached hydrogens (tertiary/aromatic N) is 2. The van der Waals surface area contributed by atoms with E-state index in [0.29, 0.717) is 35.8 Å². The summed E-state index contributed by atoms with van der Waals surface area (Å²) in [7, 11) is 4.59. The van der Waals surface area contributed by atoms with Crippen LogP contribution >= 0.6 is 23.4 Å². The number of halogens is 1. The molecular formula is C40H56ClN3O10S. The molecule has 304 valence electrons. The van der Waals surface area contributed by atoms with Crippen molar-refractivity contribution in [2.24, 2.45) is 11.8 Å². The van der Waals surface area contributed by atoms with E-state index < -0.39 is 65.5 Å². The predicted molar refractivity (Wildman–Crippen MR) is 211 cm³/mol. The summed E-state index contributed by atoms with van der Waals surface area (Å²) in [6, 6.07) is 2.56. The first-order valence-corrected chi connectivity index (χ1v) is 20.0. The van der Waals surface area contributed by atoms with Gasteiger partial charge in [-0.05, 0) is 56.6 Å². The number of anilines is 1. The molecule has 0 spiro atoms. The van der Waals surface area contributed by atoms with Gasteiger partial charge in [0, 0.05) is 38.1 Å². The molecule has 3 amide bonds. The zero-order valence-corrected chi connectivity index (χ0v) is 35.0. The second-order valence-electron chi connectivity index (χ2n) is 15.4. The van der Waals surface area contributed by atoms with Gasteiger partial charge in [0.2, 0.25) is 11.8 Å². The van der Waals surface area contributed by atoms with E-state index >= 15 is 0 Å². The van der Waals surface area contributed by atoms with Crippen molar-refractivity contribution in [1.29, 1.82) is 0 Å². The number of carbonyl (C=O) groups excluding carboxylic acids is 5. The minimum atomic E-state index is -1.97. The number of carbonyl (C=O) groups is 5. The molecule has 3 aliphatic heterocycles. The van der Waals surface area contributed by atoms with Crippen molar-refractivity contribution in [3.63, 3.8) is 0 Å². The van der Waals surface area contributed by atoms with Crippen LogP contribution in [0.5, 0.6) is 5.75 Å². The maximum absolute atomic E-state index is 14.2. The highest BCUT2D eigenvalue weighted by molar-refractivity contribution is 8.00. The third-order valence-electron chi connectivity index (χ3n) is 10.8. The number of thioether (sulfide) groups is 1. The minimum Gasteiger partial charge on any atom is -0.495 e. The van der Waals surface area contributed by atoms with Crippen molar-refractivity contribution in [2.45, 2.75) is 127 Å². The lowest BCUT2D eigenvalue weighted by Gasteiger charge is -2.41. The molecule has 4 bridgehead atoms. The van der Waals surface area contributed by atoms with Gasteiger partial charge < -0.3 is 38.6 Å². The van der Waals surface area contributed by atoms with Crippen LogP contribution in [0.1, 0.15) is 79.7 Å². The summed E-state index contributed by atoms with van der Waals surface area (Å²) in [6.45, 7) is 13.2. The summed E-state index contributed by atoms with van der Waals surface area (Å²) in [6.07, 6.45) is 2.65. The number of allylic oxidation sites excluding steroid dienone is 3. The number of benzene rings is 1. The molecule has 15 heteroatoms. The molecule has 0 aromatic heterocycles. The minimum absolute atomic E-state index is 0.152. The number of esters is 1. The fraction of sp³-hybridized carbons (Fsp3) is 0.625. The van der Waals surface area contributed by atoms with E-state index in [4.69, 9.17) is 30.5 Å². The molecule has 1 unspecified atom stereocenters. The van der Waals surface area contributed by atoms with E-state index in [0.717, 1.165) is 11.1 Å².